The molecule has 0 N–H and O–H groups in total. The van der Waals surface area contributed by atoms with Gasteiger partial charge in [-0.25, -0.2) is 0 Å². The molecule has 3 rings (SSSR count). The topological polar surface area (TPSA) is 49.9 Å². The smallest absolute Gasteiger partial charge is 0.270 e. The van der Waals surface area contributed by atoms with Gasteiger partial charge in [0.25, 0.3) is 11.8 Å². The lowest BCUT2D eigenvalue weighted by Crippen LogP contribution is -2.56. The predicted octanol–water partition coefficient (Wildman–Crippen LogP) is 4.04. The molecule has 0 aliphatic carbocycles. The maximum absolute atomic E-state index is 13.3. The Kier molecular flexibility index (Phi) is 6.21. The fourth-order valence-corrected chi connectivity index (χ4v) is 3.41. The molecule has 2 amide bonds. The lowest BCUT2D eigenvalue weighted by atomic mass is 10.0. The molecule has 28 heavy (non-hydrogen) atoms. The van der Waals surface area contributed by atoms with Crippen LogP contribution in [0.15, 0.2) is 60.2 Å². The second-order valence-corrected chi connectivity index (χ2v) is 6.61. The summed E-state index contributed by atoms with van der Waals surface area (Å²) in [5.74, 6) is -0.185. The first-order valence-electron chi connectivity index (χ1n) is 9.27. The quantitative estimate of drug-likeness (QED) is 0.422. The maximum Gasteiger partial charge on any atom is 0.270 e. The van der Waals surface area contributed by atoms with Crippen molar-refractivity contribution < 1.29 is 14.3 Å². The molecule has 0 bridgehead atoms. The number of benzene rings is 2. The summed E-state index contributed by atoms with van der Waals surface area (Å²) in [5.41, 5.74) is 1.38. The summed E-state index contributed by atoms with van der Waals surface area (Å²) in [5, 5.41) is 0.207. The third-order valence-electron chi connectivity index (χ3n) is 4.31. The molecule has 1 saturated heterocycles. The van der Waals surface area contributed by atoms with Gasteiger partial charge in [0.15, 0.2) is 5.11 Å². The van der Waals surface area contributed by atoms with Crippen LogP contribution in [0.25, 0.3) is 6.08 Å². The number of carbonyl (C=O) groups excluding carboxylic acids is 2. The van der Waals surface area contributed by atoms with Crippen LogP contribution < -0.4 is 9.64 Å². The highest BCUT2D eigenvalue weighted by Gasteiger charge is 2.39. The molecule has 0 spiro atoms. The fourth-order valence-electron chi connectivity index (χ4n) is 3.04. The largest absolute Gasteiger partial charge is 0.493 e. The van der Waals surface area contributed by atoms with Crippen LogP contribution >= 0.6 is 12.2 Å². The van der Waals surface area contributed by atoms with Crippen LogP contribution in [0.3, 0.4) is 0 Å². The second kappa shape index (κ2) is 8.80. The van der Waals surface area contributed by atoms with Crippen LogP contribution in [0.1, 0.15) is 25.8 Å². The van der Waals surface area contributed by atoms with Gasteiger partial charge in [0.05, 0.1) is 12.3 Å². The summed E-state index contributed by atoms with van der Waals surface area (Å²) in [6, 6.07) is 16.5. The highest BCUT2D eigenvalue weighted by atomic mass is 32.1. The Morgan fingerprint density at radius 2 is 1.64 bits per heavy atom. The highest BCUT2D eigenvalue weighted by molar-refractivity contribution is 7.80. The third-order valence-corrected chi connectivity index (χ3v) is 4.71. The van der Waals surface area contributed by atoms with Gasteiger partial charge in [0, 0.05) is 12.1 Å². The number of nitrogens with zero attached hydrogens (tertiary/aromatic N) is 2. The van der Waals surface area contributed by atoms with Gasteiger partial charge in [-0.05, 0) is 49.8 Å². The Hall–Kier alpha value is -2.99. The van der Waals surface area contributed by atoms with Crippen LogP contribution in [-0.2, 0) is 9.59 Å². The normalized spacial score (nSPS) is 16.1. The lowest BCUT2D eigenvalue weighted by Gasteiger charge is -2.36. The van der Waals surface area contributed by atoms with E-state index >= 15 is 0 Å². The average molecular weight is 394 g/mol. The average Bonchev–Trinajstić information content (AvgIpc) is 2.71. The Morgan fingerprint density at radius 1 is 0.964 bits per heavy atom. The molecule has 0 unspecified atom stereocenters. The Balaban J connectivity index is 2.10. The number of anilines is 1. The number of carbonyl (C=O) groups is 2. The van der Waals surface area contributed by atoms with E-state index < -0.39 is 5.91 Å². The van der Waals surface area contributed by atoms with Gasteiger partial charge in [-0.1, -0.05) is 43.3 Å². The Bertz CT molecular complexity index is 924. The molecule has 1 aliphatic heterocycles. The van der Waals surface area contributed by atoms with Crippen LogP contribution in [0.2, 0.25) is 0 Å². The minimum atomic E-state index is -0.431. The lowest BCUT2D eigenvalue weighted by molar-refractivity contribution is -0.127. The van der Waals surface area contributed by atoms with E-state index in [-0.39, 0.29) is 16.6 Å². The van der Waals surface area contributed by atoms with Crippen molar-refractivity contribution in [3.05, 3.63) is 65.7 Å². The zero-order valence-corrected chi connectivity index (χ0v) is 16.7. The summed E-state index contributed by atoms with van der Waals surface area (Å²) in [4.78, 5) is 29.2. The predicted molar refractivity (Wildman–Crippen MR) is 114 cm³/mol. The Morgan fingerprint density at radius 3 is 2.32 bits per heavy atom. The van der Waals surface area contributed by atoms with E-state index in [4.69, 9.17) is 17.0 Å². The van der Waals surface area contributed by atoms with Crippen LogP contribution in [0.5, 0.6) is 5.75 Å². The van der Waals surface area contributed by atoms with E-state index in [1.165, 1.54) is 9.80 Å². The molecule has 1 fully saturated rings. The number of thiocarbonyl (C=S) groups is 1. The zero-order chi connectivity index (χ0) is 20.1. The molecule has 0 aromatic heterocycles. The van der Waals surface area contributed by atoms with E-state index in [9.17, 15) is 9.59 Å². The van der Waals surface area contributed by atoms with Crippen molar-refractivity contribution in [2.75, 3.05) is 18.1 Å². The van der Waals surface area contributed by atoms with Gasteiger partial charge in [-0.3, -0.25) is 19.4 Å². The minimum Gasteiger partial charge on any atom is -0.493 e. The van der Waals surface area contributed by atoms with Gasteiger partial charge < -0.3 is 4.74 Å². The molecule has 2 aromatic carbocycles. The van der Waals surface area contributed by atoms with Gasteiger partial charge in [0.2, 0.25) is 0 Å². The van der Waals surface area contributed by atoms with E-state index in [0.717, 1.165) is 6.42 Å². The van der Waals surface area contributed by atoms with Crippen molar-refractivity contribution in [1.29, 1.82) is 0 Å². The van der Waals surface area contributed by atoms with Crippen molar-refractivity contribution >= 4 is 40.9 Å². The molecule has 1 aliphatic rings. The number of hydrogen-bond donors (Lipinski definition) is 0. The summed E-state index contributed by atoms with van der Waals surface area (Å²) in [7, 11) is 0. The van der Waals surface area contributed by atoms with Crippen molar-refractivity contribution in [3.8, 4) is 5.75 Å². The monoisotopic (exact) mass is 394 g/mol. The Labute approximate surface area is 170 Å². The van der Waals surface area contributed by atoms with Crippen LogP contribution in [-0.4, -0.2) is 35.0 Å². The molecule has 1 heterocycles. The molecular formula is C22H22N2O3S. The van der Waals surface area contributed by atoms with Crippen LogP contribution in [0, 0.1) is 0 Å². The first kappa shape index (κ1) is 19.8. The second-order valence-electron chi connectivity index (χ2n) is 6.24. The van der Waals surface area contributed by atoms with Gasteiger partial charge in [-0.15, -0.1) is 0 Å². The molecule has 0 saturated carbocycles. The zero-order valence-electron chi connectivity index (χ0n) is 15.9. The molecule has 0 atom stereocenters. The number of ether oxygens (including phenoxy) is 1. The SMILES string of the molecule is CCCN1C(=O)/C(=C\c2ccccc2OCC)C(=O)N(c2ccccc2)C1=S. The van der Waals surface area contributed by atoms with E-state index in [1.54, 1.807) is 18.2 Å². The molecular weight excluding hydrogens is 372 g/mol. The summed E-state index contributed by atoms with van der Waals surface area (Å²) < 4.78 is 5.64. The van der Waals surface area contributed by atoms with Crippen molar-refractivity contribution in [3.63, 3.8) is 0 Å². The van der Waals surface area contributed by atoms with E-state index in [0.29, 0.717) is 30.2 Å². The molecule has 144 valence electrons. The summed E-state index contributed by atoms with van der Waals surface area (Å²) >= 11 is 5.49. The van der Waals surface area contributed by atoms with E-state index in [1.807, 2.05) is 56.3 Å². The van der Waals surface area contributed by atoms with Gasteiger partial charge >= 0.3 is 0 Å². The minimum absolute atomic E-state index is 0.0676. The number of para-hydroxylation sites is 2. The molecule has 0 radical (unpaired) electrons. The molecule has 5 nitrogen and oxygen atoms in total. The molecule has 2 aromatic rings. The highest BCUT2D eigenvalue weighted by Crippen LogP contribution is 2.28. The van der Waals surface area contributed by atoms with Crippen molar-refractivity contribution in [2.45, 2.75) is 20.3 Å². The first-order chi connectivity index (χ1) is 13.6. The fraction of sp³-hybridized carbons (Fsp3) is 0.227. The number of amides is 2. The number of hydrogen-bond acceptors (Lipinski definition) is 4. The van der Waals surface area contributed by atoms with Crippen molar-refractivity contribution in [2.24, 2.45) is 0 Å². The van der Waals surface area contributed by atoms with Crippen LogP contribution in [0.4, 0.5) is 5.69 Å². The first-order valence-corrected chi connectivity index (χ1v) is 9.68. The summed E-state index contributed by atoms with van der Waals surface area (Å²) in [6.45, 7) is 4.79. The van der Waals surface area contributed by atoms with Gasteiger partial charge in [0.1, 0.15) is 11.3 Å². The summed E-state index contributed by atoms with van der Waals surface area (Å²) in [6.07, 6.45) is 2.32. The van der Waals surface area contributed by atoms with Gasteiger partial charge in [-0.2, -0.15) is 0 Å². The molecule has 6 heteroatoms. The van der Waals surface area contributed by atoms with Crippen molar-refractivity contribution in [1.82, 2.24) is 4.90 Å². The van der Waals surface area contributed by atoms with E-state index in [2.05, 4.69) is 0 Å². The third kappa shape index (κ3) is 3.82. The number of rotatable bonds is 6. The standard InChI is InChI=1S/C22H22N2O3S/c1-3-14-23-20(25)18(15-16-10-8-9-13-19(16)27-4-2)21(26)24(22(23)28)17-11-6-5-7-12-17/h5-13,15H,3-4,14H2,1-2H3/b18-15+. The maximum atomic E-state index is 13.3.